The van der Waals surface area contributed by atoms with Crippen LogP contribution >= 0.6 is 11.6 Å². The second kappa shape index (κ2) is 7.69. The van der Waals surface area contributed by atoms with E-state index in [1.807, 2.05) is 13.0 Å². The molecule has 2 aromatic rings. The summed E-state index contributed by atoms with van der Waals surface area (Å²) in [6, 6.07) is 6.56. The van der Waals surface area contributed by atoms with Crippen molar-refractivity contribution in [1.29, 1.82) is 0 Å². The van der Waals surface area contributed by atoms with Crippen LogP contribution in [0, 0.1) is 6.92 Å². The van der Waals surface area contributed by atoms with Gasteiger partial charge >= 0.3 is 5.97 Å². The van der Waals surface area contributed by atoms with Crippen molar-refractivity contribution in [3.05, 3.63) is 52.9 Å². The Kier molecular flexibility index (Phi) is 5.65. The number of pyridine rings is 2. The fourth-order valence-electron chi connectivity index (χ4n) is 1.80. The second-order valence-corrected chi connectivity index (χ2v) is 5.21. The Balaban J connectivity index is 2.04. The zero-order valence-corrected chi connectivity index (χ0v) is 13.5. The van der Waals surface area contributed by atoms with E-state index >= 15 is 0 Å². The number of esters is 1. The van der Waals surface area contributed by atoms with Crippen LogP contribution in [0.15, 0.2) is 36.7 Å². The van der Waals surface area contributed by atoms with Crippen molar-refractivity contribution in [2.75, 3.05) is 5.32 Å². The van der Waals surface area contributed by atoms with Gasteiger partial charge in [0, 0.05) is 12.4 Å². The minimum Gasteiger partial charge on any atom is -0.449 e. The van der Waals surface area contributed by atoms with Crippen LogP contribution in [0.5, 0.6) is 0 Å². The third kappa shape index (κ3) is 4.50. The Morgan fingerprint density at radius 2 is 2.09 bits per heavy atom. The van der Waals surface area contributed by atoms with Gasteiger partial charge in [-0.15, -0.1) is 0 Å². The zero-order chi connectivity index (χ0) is 16.8. The molecule has 120 valence electrons. The van der Waals surface area contributed by atoms with Crippen molar-refractivity contribution in [3.63, 3.8) is 0 Å². The second-order valence-electron chi connectivity index (χ2n) is 4.85. The molecule has 2 aromatic heterocycles. The molecular formula is C16H16ClN3O3. The molecule has 1 atom stereocenters. The average molecular weight is 334 g/mol. The lowest BCUT2D eigenvalue weighted by Crippen LogP contribution is -2.32. The predicted molar refractivity (Wildman–Crippen MR) is 86.3 cm³/mol. The Hall–Kier alpha value is -2.47. The molecule has 0 aliphatic rings. The first-order valence-electron chi connectivity index (χ1n) is 7.06. The Bertz CT molecular complexity index is 704. The van der Waals surface area contributed by atoms with Gasteiger partial charge in [-0.1, -0.05) is 24.6 Å². The highest BCUT2D eigenvalue weighted by atomic mass is 35.5. The summed E-state index contributed by atoms with van der Waals surface area (Å²) in [4.78, 5) is 32.2. The van der Waals surface area contributed by atoms with Crippen LogP contribution in [-0.2, 0) is 9.53 Å². The molecule has 0 aromatic carbocycles. The third-order valence-electron chi connectivity index (χ3n) is 3.05. The number of anilines is 1. The van der Waals surface area contributed by atoms with Gasteiger partial charge in [-0.2, -0.15) is 0 Å². The SMILES string of the molecule is CCC(OC(=O)c1cccnc1Cl)C(=O)Nc1ccc(C)cn1. The normalized spacial score (nSPS) is 11.6. The molecule has 6 nitrogen and oxygen atoms in total. The van der Waals surface area contributed by atoms with Gasteiger partial charge in [-0.05, 0) is 37.1 Å². The number of aromatic nitrogens is 2. The van der Waals surface area contributed by atoms with Gasteiger partial charge in [0.05, 0.1) is 5.56 Å². The highest BCUT2D eigenvalue weighted by Gasteiger charge is 2.23. The maximum Gasteiger partial charge on any atom is 0.342 e. The van der Waals surface area contributed by atoms with Crippen LogP contribution in [0.2, 0.25) is 5.15 Å². The van der Waals surface area contributed by atoms with E-state index in [-0.39, 0.29) is 10.7 Å². The minimum absolute atomic E-state index is 0.0352. The maximum absolute atomic E-state index is 12.2. The standard InChI is InChI=1S/C16H16ClN3O3/c1-3-12(15(21)20-13-7-6-10(2)9-19-13)23-16(22)11-5-4-8-18-14(11)17/h4-9,12H,3H2,1-2H3,(H,19,20,21). The summed E-state index contributed by atoms with van der Waals surface area (Å²) in [6.45, 7) is 3.64. The molecule has 1 amide bonds. The molecule has 0 aliphatic carbocycles. The van der Waals surface area contributed by atoms with Crippen molar-refractivity contribution in [2.45, 2.75) is 26.4 Å². The van der Waals surface area contributed by atoms with Crippen LogP contribution in [0.25, 0.3) is 0 Å². The zero-order valence-electron chi connectivity index (χ0n) is 12.7. The van der Waals surface area contributed by atoms with E-state index in [0.29, 0.717) is 12.2 Å². The van der Waals surface area contributed by atoms with Crippen molar-refractivity contribution in [3.8, 4) is 0 Å². The number of rotatable bonds is 5. The third-order valence-corrected chi connectivity index (χ3v) is 3.36. The average Bonchev–Trinajstić information content (AvgIpc) is 2.54. The van der Waals surface area contributed by atoms with Gasteiger partial charge in [-0.3, -0.25) is 4.79 Å². The first-order valence-corrected chi connectivity index (χ1v) is 7.44. The lowest BCUT2D eigenvalue weighted by Gasteiger charge is -2.16. The molecule has 0 saturated carbocycles. The number of hydrogen-bond acceptors (Lipinski definition) is 5. The summed E-state index contributed by atoms with van der Waals surface area (Å²) in [6.07, 6.45) is 2.48. The largest absolute Gasteiger partial charge is 0.449 e. The quantitative estimate of drug-likeness (QED) is 0.672. The molecule has 0 aliphatic heterocycles. The molecule has 1 unspecified atom stereocenters. The van der Waals surface area contributed by atoms with Crippen molar-refractivity contribution in [1.82, 2.24) is 9.97 Å². The van der Waals surface area contributed by atoms with Gasteiger partial charge in [0.1, 0.15) is 11.0 Å². The molecule has 1 N–H and O–H groups in total. The van der Waals surface area contributed by atoms with E-state index in [2.05, 4.69) is 15.3 Å². The van der Waals surface area contributed by atoms with Crippen LogP contribution in [-0.4, -0.2) is 27.9 Å². The molecular weight excluding hydrogens is 318 g/mol. The topological polar surface area (TPSA) is 81.2 Å². The number of aryl methyl sites for hydroxylation is 1. The van der Waals surface area contributed by atoms with E-state index < -0.39 is 18.0 Å². The lowest BCUT2D eigenvalue weighted by molar-refractivity contribution is -0.124. The van der Waals surface area contributed by atoms with Gasteiger partial charge < -0.3 is 10.1 Å². The molecule has 0 bridgehead atoms. The van der Waals surface area contributed by atoms with E-state index in [1.54, 1.807) is 25.3 Å². The Morgan fingerprint density at radius 3 is 2.70 bits per heavy atom. The number of carbonyl (C=O) groups excluding carboxylic acids is 2. The summed E-state index contributed by atoms with van der Waals surface area (Å²) >= 11 is 5.85. The van der Waals surface area contributed by atoms with Crippen molar-refractivity contribution >= 4 is 29.3 Å². The molecule has 23 heavy (non-hydrogen) atoms. The lowest BCUT2D eigenvalue weighted by atomic mass is 10.2. The fraction of sp³-hybridized carbons (Fsp3) is 0.250. The number of hydrogen-bond donors (Lipinski definition) is 1. The Morgan fingerprint density at radius 1 is 1.30 bits per heavy atom. The molecule has 0 fully saturated rings. The van der Waals surface area contributed by atoms with E-state index in [0.717, 1.165) is 5.56 Å². The molecule has 0 radical (unpaired) electrons. The molecule has 0 saturated heterocycles. The highest BCUT2D eigenvalue weighted by Crippen LogP contribution is 2.15. The van der Waals surface area contributed by atoms with Crippen LogP contribution in [0.1, 0.15) is 29.3 Å². The first kappa shape index (κ1) is 16.9. The monoisotopic (exact) mass is 333 g/mol. The molecule has 2 heterocycles. The predicted octanol–water partition coefficient (Wildman–Crippen LogP) is 3.01. The van der Waals surface area contributed by atoms with Gasteiger partial charge in [0.15, 0.2) is 6.10 Å². The molecule has 2 rings (SSSR count). The first-order chi connectivity index (χ1) is 11.0. The summed E-state index contributed by atoms with van der Waals surface area (Å²) in [5.74, 6) is -0.742. The number of ether oxygens (including phenoxy) is 1. The number of nitrogens with one attached hydrogen (secondary N) is 1. The molecule has 7 heteroatoms. The van der Waals surface area contributed by atoms with Gasteiger partial charge in [-0.25, -0.2) is 14.8 Å². The van der Waals surface area contributed by atoms with Crippen molar-refractivity contribution < 1.29 is 14.3 Å². The summed E-state index contributed by atoms with van der Waals surface area (Å²) in [5, 5.41) is 2.65. The summed E-state index contributed by atoms with van der Waals surface area (Å²) in [5.41, 5.74) is 1.10. The number of nitrogens with zero attached hydrogens (tertiary/aromatic N) is 2. The van der Waals surface area contributed by atoms with Gasteiger partial charge in [0.2, 0.25) is 0 Å². The van der Waals surface area contributed by atoms with E-state index in [1.165, 1.54) is 12.3 Å². The minimum atomic E-state index is -0.943. The van der Waals surface area contributed by atoms with Crippen LogP contribution < -0.4 is 5.32 Å². The van der Waals surface area contributed by atoms with E-state index in [9.17, 15) is 9.59 Å². The summed E-state index contributed by atoms with van der Waals surface area (Å²) in [7, 11) is 0. The number of carbonyl (C=O) groups is 2. The Labute approximate surface area is 138 Å². The smallest absolute Gasteiger partial charge is 0.342 e. The highest BCUT2D eigenvalue weighted by molar-refractivity contribution is 6.32. The number of halogens is 1. The van der Waals surface area contributed by atoms with Crippen LogP contribution in [0.3, 0.4) is 0 Å². The van der Waals surface area contributed by atoms with E-state index in [4.69, 9.17) is 16.3 Å². The maximum atomic E-state index is 12.2. The molecule has 0 spiro atoms. The number of amides is 1. The fourth-order valence-corrected chi connectivity index (χ4v) is 2.00. The van der Waals surface area contributed by atoms with Crippen LogP contribution in [0.4, 0.5) is 5.82 Å². The summed E-state index contributed by atoms with van der Waals surface area (Å²) < 4.78 is 5.22. The van der Waals surface area contributed by atoms with Gasteiger partial charge in [0.25, 0.3) is 5.91 Å². The van der Waals surface area contributed by atoms with Crippen molar-refractivity contribution in [2.24, 2.45) is 0 Å².